The highest BCUT2D eigenvalue weighted by molar-refractivity contribution is 5.71. The number of nitrogens with zero attached hydrogens (tertiary/aromatic N) is 2. The van der Waals surface area contributed by atoms with Gasteiger partial charge >= 0.3 is 0 Å². The summed E-state index contributed by atoms with van der Waals surface area (Å²) in [5.74, 6) is 0.702. The minimum absolute atomic E-state index is 0.366. The van der Waals surface area contributed by atoms with Crippen molar-refractivity contribution < 1.29 is 4.52 Å². The van der Waals surface area contributed by atoms with Crippen LogP contribution in [0.25, 0.3) is 22.4 Å². The Hall–Kier alpha value is -2.43. The van der Waals surface area contributed by atoms with E-state index in [0.29, 0.717) is 12.3 Å². The molecule has 0 aliphatic carbocycles. The first-order chi connectivity index (χ1) is 12.3. The number of nitrogens with two attached hydrogens (primary N) is 1. The average molecular weight is 333 g/mol. The normalized spacial score (nSPS) is 14.9. The molecule has 0 radical (unpaired) electrons. The monoisotopic (exact) mass is 333 g/mol. The molecule has 2 N–H and O–H groups in total. The predicted molar refractivity (Wildman–Crippen MR) is 99.8 cm³/mol. The summed E-state index contributed by atoms with van der Waals surface area (Å²) in [6.45, 7) is 3.84. The van der Waals surface area contributed by atoms with E-state index in [1.165, 1.54) is 42.6 Å². The van der Waals surface area contributed by atoms with Gasteiger partial charge in [-0.1, -0.05) is 41.6 Å². The van der Waals surface area contributed by atoms with Crippen molar-refractivity contribution in [1.29, 1.82) is 0 Å². The van der Waals surface area contributed by atoms with E-state index in [2.05, 4.69) is 58.6 Å². The van der Waals surface area contributed by atoms with Gasteiger partial charge in [0, 0.05) is 18.2 Å². The van der Waals surface area contributed by atoms with Crippen LogP contribution >= 0.6 is 0 Å². The lowest BCUT2D eigenvalue weighted by atomic mass is 10.00. The van der Waals surface area contributed by atoms with E-state index in [1.54, 1.807) is 0 Å². The van der Waals surface area contributed by atoms with Gasteiger partial charge in [-0.15, -0.1) is 0 Å². The molecule has 3 aromatic rings. The second kappa shape index (κ2) is 7.21. The summed E-state index contributed by atoms with van der Waals surface area (Å²) in [5, 5.41) is 4.12. The first-order valence-electron chi connectivity index (χ1n) is 8.89. The smallest absolute Gasteiger partial charge is 0.150 e. The Balaban J connectivity index is 1.60. The molecule has 2 heterocycles. The van der Waals surface area contributed by atoms with E-state index in [-0.39, 0.29) is 0 Å². The Morgan fingerprint density at radius 2 is 1.64 bits per heavy atom. The van der Waals surface area contributed by atoms with E-state index in [9.17, 15) is 0 Å². The van der Waals surface area contributed by atoms with Gasteiger partial charge in [-0.3, -0.25) is 4.90 Å². The number of benzene rings is 2. The maximum Gasteiger partial charge on any atom is 0.150 e. The fraction of sp³-hybridized carbons (Fsp3) is 0.286. The molecule has 1 saturated heterocycles. The van der Waals surface area contributed by atoms with Crippen molar-refractivity contribution in [2.75, 3.05) is 13.1 Å². The summed E-state index contributed by atoms with van der Waals surface area (Å²) in [6, 6.07) is 19.2. The summed E-state index contributed by atoms with van der Waals surface area (Å²) in [4.78, 5) is 2.53. The Morgan fingerprint density at radius 1 is 0.920 bits per heavy atom. The zero-order valence-corrected chi connectivity index (χ0v) is 14.3. The molecule has 4 rings (SSSR count). The van der Waals surface area contributed by atoms with Crippen LogP contribution in [0.1, 0.15) is 24.2 Å². The van der Waals surface area contributed by atoms with Gasteiger partial charge in [0.15, 0.2) is 5.76 Å². The van der Waals surface area contributed by atoms with Crippen molar-refractivity contribution in [3.8, 4) is 22.4 Å². The molecule has 1 aliphatic rings. The number of likely N-dealkylation sites (tertiary alicyclic amines) is 1. The lowest BCUT2D eigenvalue weighted by Crippen LogP contribution is -2.18. The molecule has 1 aliphatic heterocycles. The Bertz CT molecular complexity index is 850. The predicted octanol–water partition coefficient (Wildman–Crippen LogP) is 4.06. The number of hydrogen-bond acceptors (Lipinski definition) is 4. The molecule has 2 aromatic carbocycles. The van der Waals surface area contributed by atoms with Gasteiger partial charge in [0.2, 0.25) is 0 Å². The van der Waals surface area contributed by atoms with Crippen LogP contribution in [0.4, 0.5) is 0 Å². The molecule has 0 amide bonds. The highest BCUT2D eigenvalue weighted by Gasteiger charge is 2.12. The van der Waals surface area contributed by atoms with Crippen molar-refractivity contribution in [2.24, 2.45) is 5.73 Å². The van der Waals surface area contributed by atoms with Crippen molar-refractivity contribution in [2.45, 2.75) is 25.9 Å². The molecule has 0 bridgehead atoms. The Morgan fingerprint density at radius 3 is 2.40 bits per heavy atom. The zero-order valence-electron chi connectivity index (χ0n) is 14.3. The molecule has 1 fully saturated rings. The first-order valence-corrected chi connectivity index (χ1v) is 8.89. The van der Waals surface area contributed by atoms with Gasteiger partial charge in [0.05, 0.1) is 6.54 Å². The van der Waals surface area contributed by atoms with Gasteiger partial charge in [-0.25, -0.2) is 0 Å². The SMILES string of the molecule is NCc1cc(-c2cccc(-c3cccc(CN4CCCC4)c3)c2)no1. The van der Waals surface area contributed by atoms with Crippen molar-refractivity contribution >= 4 is 0 Å². The van der Waals surface area contributed by atoms with Crippen molar-refractivity contribution in [3.05, 3.63) is 65.9 Å². The van der Waals surface area contributed by atoms with Crippen molar-refractivity contribution in [3.63, 3.8) is 0 Å². The van der Waals surface area contributed by atoms with E-state index in [1.807, 2.05) is 6.07 Å². The van der Waals surface area contributed by atoms with Gasteiger partial charge in [0.1, 0.15) is 5.69 Å². The van der Waals surface area contributed by atoms with E-state index >= 15 is 0 Å². The molecule has 128 valence electrons. The summed E-state index contributed by atoms with van der Waals surface area (Å²) in [6.07, 6.45) is 2.65. The Labute approximate surface area is 148 Å². The second-order valence-corrected chi connectivity index (χ2v) is 6.65. The quantitative estimate of drug-likeness (QED) is 0.765. The van der Waals surface area contributed by atoms with Crippen LogP contribution < -0.4 is 5.73 Å². The van der Waals surface area contributed by atoms with Gasteiger partial charge in [-0.05, 0) is 54.8 Å². The molecule has 4 heteroatoms. The Kier molecular flexibility index (Phi) is 4.63. The molecule has 0 saturated carbocycles. The number of hydrogen-bond donors (Lipinski definition) is 1. The van der Waals surface area contributed by atoms with Gasteiger partial charge in [0.25, 0.3) is 0 Å². The second-order valence-electron chi connectivity index (χ2n) is 6.65. The highest BCUT2D eigenvalue weighted by atomic mass is 16.5. The molecule has 25 heavy (non-hydrogen) atoms. The van der Waals surface area contributed by atoms with E-state index in [4.69, 9.17) is 10.3 Å². The number of rotatable bonds is 5. The summed E-state index contributed by atoms with van der Waals surface area (Å²) < 4.78 is 5.23. The third-order valence-electron chi connectivity index (χ3n) is 4.78. The minimum atomic E-state index is 0.366. The van der Waals surface area contributed by atoms with E-state index in [0.717, 1.165) is 17.8 Å². The molecule has 0 spiro atoms. The highest BCUT2D eigenvalue weighted by Crippen LogP contribution is 2.27. The average Bonchev–Trinajstić information content (AvgIpc) is 3.34. The van der Waals surface area contributed by atoms with Gasteiger partial charge < -0.3 is 10.3 Å². The topological polar surface area (TPSA) is 55.3 Å². The minimum Gasteiger partial charge on any atom is -0.359 e. The summed E-state index contributed by atoms with van der Waals surface area (Å²) in [7, 11) is 0. The third kappa shape index (κ3) is 3.65. The summed E-state index contributed by atoms with van der Waals surface area (Å²) in [5.41, 5.74) is 11.3. The number of aromatic nitrogens is 1. The van der Waals surface area contributed by atoms with Crippen LogP contribution in [0.5, 0.6) is 0 Å². The first kappa shape index (κ1) is 16.1. The van der Waals surface area contributed by atoms with Crippen LogP contribution in [-0.2, 0) is 13.1 Å². The lowest BCUT2D eigenvalue weighted by molar-refractivity contribution is 0.331. The fourth-order valence-corrected chi connectivity index (χ4v) is 3.45. The third-order valence-corrected chi connectivity index (χ3v) is 4.78. The van der Waals surface area contributed by atoms with Crippen molar-refractivity contribution in [1.82, 2.24) is 10.1 Å². The fourth-order valence-electron chi connectivity index (χ4n) is 3.45. The van der Waals surface area contributed by atoms with Crippen LogP contribution in [0.2, 0.25) is 0 Å². The molecule has 0 atom stereocenters. The molecular weight excluding hydrogens is 310 g/mol. The lowest BCUT2D eigenvalue weighted by Gasteiger charge is -2.15. The van der Waals surface area contributed by atoms with Crippen LogP contribution in [0, 0.1) is 0 Å². The molecule has 1 aromatic heterocycles. The molecule has 0 unspecified atom stereocenters. The van der Waals surface area contributed by atoms with Crippen LogP contribution in [-0.4, -0.2) is 23.1 Å². The van der Waals surface area contributed by atoms with Crippen LogP contribution in [0.3, 0.4) is 0 Å². The maximum absolute atomic E-state index is 5.61. The molecular formula is C21H23N3O. The van der Waals surface area contributed by atoms with Gasteiger partial charge in [-0.2, -0.15) is 0 Å². The van der Waals surface area contributed by atoms with E-state index < -0.39 is 0 Å². The van der Waals surface area contributed by atoms with Crippen LogP contribution in [0.15, 0.2) is 59.1 Å². The standard InChI is InChI=1S/C21H23N3O/c22-14-20-13-21(23-25-20)19-8-4-7-18(12-19)17-6-3-5-16(11-17)15-24-9-1-2-10-24/h3-8,11-13H,1-2,9-10,14-15,22H2. The zero-order chi connectivity index (χ0) is 17.1. The maximum atomic E-state index is 5.61. The largest absolute Gasteiger partial charge is 0.359 e. The molecule has 4 nitrogen and oxygen atoms in total. The summed E-state index contributed by atoms with van der Waals surface area (Å²) >= 11 is 0.